The van der Waals surface area contributed by atoms with Gasteiger partial charge in [0.05, 0.1) is 0 Å². The zero-order valence-corrected chi connectivity index (χ0v) is 11.1. The molecule has 0 N–H and O–H groups in total. The minimum Gasteiger partial charge on any atom is -0.289 e. The van der Waals surface area contributed by atoms with E-state index in [1.165, 1.54) is 18.2 Å². The van der Waals surface area contributed by atoms with E-state index >= 15 is 0 Å². The number of hydrogen-bond acceptors (Lipinski definition) is 5. The fourth-order valence-electron chi connectivity index (χ4n) is 1.59. The minimum atomic E-state index is -0.303. The van der Waals surface area contributed by atoms with Gasteiger partial charge < -0.3 is 0 Å². The molecule has 0 bridgehead atoms. The van der Waals surface area contributed by atoms with Crippen LogP contribution in [0.15, 0.2) is 57.3 Å². The van der Waals surface area contributed by atoms with Gasteiger partial charge in [-0.05, 0) is 56.6 Å². The van der Waals surface area contributed by atoms with Crippen LogP contribution in [0.2, 0.25) is 0 Å². The molecular weight excluding hydrogens is 312 g/mol. The lowest BCUT2D eigenvalue weighted by Gasteiger charge is -2.03. The first-order valence-corrected chi connectivity index (χ1v) is 6.06. The van der Waals surface area contributed by atoms with Crippen LogP contribution in [-0.4, -0.2) is 5.78 Å². The van der Waals surface area contributed by atoms with Gasteiger partial charge in [-0.2, -0.15) is 0 Å². The van der Waals surface area contributed by atoms with E-state index in [1.54, 1.807) is 24.3 Å². The van der Waals surface area contributed by atoms with Gasteiger partial charge in [-0.1, -0.05) is 12.1 Å². The van der Waals surface area contributed by atoms with Crippen molar-refractivity contribution < 1.29 is 4.79 Å². The number of carbonyl (C=O) groups is 1. The van der Waals surface area contributed by atoms with Crippen molar-refractivity contribution in [2.45, 2.75) is 0 Å². The topological polar surface area (TPSA) is 75.9 Å². The molecule has 19 heavy (non-hydrogen) atoms. The molecule has 0 heterocycles. The van der Waals surface area contributed by atoms with Gasteiger partial charge in [0.2, 0.25) is 0 Å². The van der Waals surface area contributed by atoms with E-state index in [0.717, 1.165) is 0 Å². The van der Waals surface area contributed by atoms with Gasteiger partial charge in [0.15, 0.2) is 5.78 Å². The molecule has 0 spiro atoms. The summed E-state index contributed by atoms with van der Waals surface area (Å²) in [5.74, 6) is -0.303. The zero-order chi connectivity index (χ0) is 13.8. The third-order valence-corrected chi connectivity index (χ3v) is 3.19. The summed E-state index contributed by atoms with van der Waals surface area (Å²) in [7, 11) is 0. The second-order valence-electron chi connectivity index (χ2n) is 3.73. The molecule has 0 amide bonds. The van der Waals surface area contributed by atoms with E-state index < -0.39 is 0 Å². The smallest absolute Gasteiger partial charge is 0.193 e. The highest BCUT2D eigenvalue weighted by Gasteiger charge is 2.12. The Morgan fingerprint density at radius 1 is 0.947 bits per heavy atom. The molecule has 0 unspecified atom stereocenters. The quantitative estimate of drug-likeness (QED) is 0.616. The van der Waals surface area contributed by atoms with Crippen molar-refractivity contribution in [3.05, 3.63) is 67.9 Å². The van der Waals surface area contributed by atoms with Gasteiger partial charge in [-0.25, -0.2) is 0 Å². The second kappa shape index (κ2) is 5.62. The lowest BCUT2D eigenvalue weighted by atomic mass is 10.0. The van der Waals surface area contributed by atoms with E-state index in [4.69, 9.17) is 0 Å². The van der Waals surface area contributed by atoms with Crippen LogP contribution in [0, 0.1) is 9.81 Å². The number of ketones is 1. The van der Waals surface area contributed by atoms with Crippen molar-refractivity contribution in [2.24, 2.45) is 10.4 Å². The number of rotatable bonds is 4. The van der Waals surface area contributed by atoms with E-state index in [0.29, 0.717) is 15.6 Å². The lowest BCUT2D eigenvalue weighted by Crippen LogP contribution is -2.00. The average Bonchev–Trinajstić information content (AvgIpc) is 2.47. The third-order valence-electron chi connectivity index (χ3n) is 2.52. The number of hydrogen-bond donors (Lipinski definition) is 0. The van der Waals surface area contributed by atoms with Crippen molar-refractivity contribution in [1.82, 2.24) is 0 Å². The summed E-state index contributed by atoms with van der Waals surface area (Å²) >= 11 is 3.16. The van der Waals surface area contributed by atoms with Gasteiger partial charge in [-0.15, -0.1) is 9.81 Å². The molecule has 2 rings (SSSR count). The van der Waals surface area contributed by atoms with Crippen LogP contribution in [0.3, 0.4) is 0 Å². The van der Waals surface area contributed by atoms with Crippen LogP contribution in [0.25, 0.3) is 0 Å². The molecule has 94 valence electrons. The summed E-state index contributed by atoms with van der Waals surface area (Å²) < 4.78 is 0.516. The number of carbonyl (C=O) groups excluding carboxylic acids is 1. The van der Waals surface area contributed by atoms with Gasteiger partial charge in [0, 0.05) is 15.6 Å². The fraction of sp³-hybridized carbons (Fsp3) is 0. The molecule has 0 aromatic heterocycles. The molecule has 5 nitrogen and oxygen atoms in total. The third kappa shape index (κ3) is 2.79. The largest absolute Gasteiger partial charge is 0.289 e. The highest BCUT2D eigenvalue weighted by molar-refractivity contribution is 9.10. The maximum Gasteiger partial charge on any atom is 0.193 e. The van der Waals surface area contributed by atoms with Gasteiger partial charge in [0.1, 0.15) is 11.4 Å². The molecule has 0 aliphatic rings. The lowest BCUT2D eigenvalue weighted by molar-refractivity contribution is 0.103. The summed E-state index contributed by atoms with van der Waals surface area (Å²) in [6, 6.07) is 10.6. The summed E-state index contributed by atoms with van der Waals surface area (Å²) in [4.78, 5) is 33.2. The first kappa shape index (κ1) is 13.2. The number of halogens is 1. The first-order chi connectivity index (χ1) is 9.15. The monoisotopic (exact) mass is 318 g/mol. The van der Waals surface area contributed by atoms with Gasteiger partial charge in [-0.3, -0.25) is 4.79 Å². The molecule has 2 aromatic carbocycles. The Hall–Kier alpha value is -2.21. The molecule has 0 saturated carbocycles. The molecule has 0 aliphatic heterocycles. The van der Waals surface area contributed by atoms with Crippen molar-refractivity contribution >= 4 is 33.1 Å². The highest BCUT2D eigenvalue weighted by atomic mass is 79.9. The summed E-state index contributed by atoms with van der Waals surface area (Å²) in [6.07, 6.45) is 0. The standard InChI is InChI=1S/C13H7BrN2O3/c14-11-5-4-9(7-12(11)16-19)13(17)8-2-1-3-10(6-8)15-18/h1-7H. The van der Waals surface area contributed by atoms with E-state index in [2.05, 4.69) is 26.3 Å². The fourth-order valence-corrected chi connectivity index (χ4v) is 1.91. The Morgan fingerprint density at radius 3 is 2.37 bits per heavy atom. The van der Waals surface area contributed by atoms with Crippen LogP contribution in [-0.2, 0) is 0 Å². The Morgan fingerprint density at radius 2 is 1.68 bits per heavy atom. The molecule has 0 aliphatic carbocycles. The molecule has 0 fully saturated rings. The molecule has 0 radical (unpaired) electrons. The van der Waals surface area contributed by atoms with Crippen LogP contribution < -0.4 is 0 Å². The summed E-state index contributed by atoms with van der Waals surface area (Å²) in [5, 5.41) is 5.60. The SMILES string of the molecule is O=Nc1cccc(C(=O)c2ccc(Br)c(N=O)c2)c1. The maximum atomic E-state index is 12.2. The Labute approximate surface area is 116 Å². The minimum absolute atomic E-state index is 0.149. The molecule has 6 heteroatoms. The molecule has 0 saturated heterocycles. The molecular formula is C13H7BrN2O3. The van der Waals surface area contributed by atoms with Gasteiger partial charge >= 0.3 is 0 Å². The highest BCUT2D eigenvalue weighted by Crippen LogP contribution is 2.27. The van der Waals surface area contributed by atoms with E-state index in [1.807, 2.05) is 0 Å². The zero-order valence-electron chi connectivity index (χ0n) is 9.54. The van der Waals surface area contributed by atoms with Crippen LogP contribution >= 0.6 is 15.9 Å². The number of benzene rings is 2. The van der Waals surface area contributed by atoms with E-state index in [-0.39, 0.29) is 17.2 Å². The van der Waals surface area contributed by atoms with Crippen molar-refractivity contribution in [1.29, 1.82) is 0 Å². The van der Waals surface area contributed by atoms with Gasteiger partial charge in [0.25, 0.3) is 0 Å². The second-order valence-corrected chi connectivity index (χ2v) is 4.58. The molecule has 2 aromatic rings. The van der Waals surface area contributed by atoms with Crippen molar-refractivity contribution in [3.8, 4) is 0 Å². The number of nitroso groups, excluding NO2 is 2. The van der Waals surface area contributed by atoms with E-state index in [9.17, 15) is 14.6 Å². The number of nitrogens with zero attached hydrogens (tertiary/aromatic N) is 2. The van der Waals surface area contributed by atoms with Crippen molar-refractivity contribution in [2.75, 3.05) is 0 Å². The predicted octanol–water partition coefficient (Wildman–Crippen LogP) is 4.48. The average molecular weight is 319 g/mol. The molecule has 0 atom stereocenters. The predicted molar refractivity (Wildman–Crippen MR) is 74.9 cm³/mol. The Kier molecular flexibility index (Phi) is 3.91. The van der Waals surface area contributed by atoms with Crippen LogP contribution in [0.1, 0.15) is 15.9 Å². The summed E-state index contributed by atoms with van der Waals surface area (Å²) in [5.41, 5.74) is 0.976. The maximum absolute atomic E-state index is 12.2. The Balaban J connectivity index is 2.43. The van der Waals surface area contributed by atoms with Crippen LogP contribution in [0.4, 0.5) is 11.4 Å². The summed E-state index contributed by atoms with van der Waals surface area (Å²) in [6.45, 7) is 0. The Bertz CT molecular complexity index is 671. The van der Waals surface area contributed by atoms with Crippen LogP contribution in [0.5, 0.6) is 0 Å². The van der Waals surface area contributed by atoms with Crippen molar-refractivity contribution in [3.63, 3.8) is 0 Å². The first-order valence-electron chi connectivity index (χ1n) is 5.26. The normalized spacial score (nSPS) is 9.95.